The van der Waals surface area contributed by atoms with Gasteiger partial charge in [0.1, 0.15) is 11.5 Å². The zero-order chi connectivity index (χ0) is 18.7. The molecule has 0 spiro atoms. The van der Waals surface area contributed by atoms with Crippen molar-refractivity contribution in [3.63, 3.8) is 0 Å². The molecule has 4 nitrogen and oxygen atoms in total. The minimum Gasteiger partial charge on any atom is -0.468 e. The monoisotopic (exact) mass is 351 g/mol. The van der Waals surface area contributed by atoms with Gasteiger partial charge in [-0.15, -0.1) is 0 Å². The molecule has 0 amide bonds. The van der Waals surface area contributed by atoms with E-state index in [-0.39, 0.29) is 5.78 Å². The highest BCUT2D eigenvalue weighted by molar-refractivity contribution is 5.97. The van der Waals surface area contributed by atoms with E-state index in [2.05, 4.69) is 17.9 Å². The lowest BCUT2D eigenvalue weighted by Crippen LogP contribution is -2.23. The molecule has 0 saturated carbocycles. The van der Waals surface area contributed by atoms with Crippen molar-refractivity contribution >= 4 is 5.78 Å². The number of hydrogen-bond donors (Lipinski definition) is 0. The number of benzene rings is 1. The van der Waals surface area contributed by atoms with Crippen LogP contribution >= 0.6 is 0 Å². The average Bonchev–Trinajstić information content (AvgIpc) is 3.24. The summed E-state index contributed by atoms with van der Waals surface area (Å²) in [5.74, 6) is 1.93. The van der Waals surface area contributed by atoms with Crippen LogP contribution < -0.4 is 0 Å². The standard InChI is InChI=1S/C22H25NO3/c1-15-11-16(2)22(18(4)24)17(3)21(15)14-23(12-19-7-5-9-25-19)13-20-8-6-10-26-20/h5-11H,12-14H2,1-4H3. The second kappa shape index (κ2) is 7.75. The second-order valence-electron chi connectivity index (χ2n) is 6.85. The summed E-state index contributed by atoms with van der Waals surface area (Å²) in [5, 5.41) is 0. The van der Waals surface area contributed by atoms with Crippen molar-refractivity contribution in [3.8, 4) is 0 Å². The molecular formula is C22H25NO3. The Hall–Kier alpha value is -2.59. The quantitative estimate of drug-likeness (QED) is 0.549. The van der Waals surface area contributed by atoms with Gasteiger partial charge in [0.2, 0.25) is 0 Å². The summed E-state index contributed by atoms with van der Waals surface area (Å²) in [6.45, 7) is 9.87. The van der Waals surface area contributed by atoms with E-state index in [1.165, 1.54) is 11.1 Å². The first-order valence-corrected chi connectivity index (χ1v) is 8.83. The summed E-state index contributed by atoms with van der Waals surface area (Å²) in [6, 6.07) is 9.86. The molecule has 3 aromatic rings. The zero-order valence-corrected chi connectivity index (χ0v) is 15.8. The van der Waals surface area contributed by atoms with E-state index in [0.717, 1.165) is 34.8 Å². The number of nitrogens with zero attached hydrogens (tertiary/aromatic N) is 1. The molecule has 0 fully saturated rings. The predicted molar refractivity (Wildman–Crippen MR) is 101 cm³/mol. The maximum atomic E-state index is 12.1. The third-order valence-electron chi connectivity index (χ3n) is 4.78. The summed E-state index contributed by atoms with van der Waals surface area (Å²) in [6.07, 6.45) is 3.38. The average molecular weight is 351 g/mol. The molecule has 26 heavy (non-hydrogen) atoms. The van der Waals surface area contributed by atoms with Crippen molar-refractivity contribution < 1.29 is 13.6 Å². The van der Waals surface area contributed by atoms with Crippen molar-refractivity contribution in [2.75, 3.05) is 0 Å². The molecule has 0 saturated heterocycles. The van der Waals surface area contributed by atoms with Crippen molar-refractivity contribution in [3.05, 3.63) is 82.2 Å². The lowest BCUT2D eigenvalue weighted by molar-refractivity contribution is 0.101. The Morgan fingerprint density at radius 2 is 1.50 bits per heavy atom. The number of aryl methyl sites for hydroxylation is 2. The molecule has 136 valence electrons. The highest BCUT2D eigenvalue weighted by Crippen LogP contribution is 2.25. The Labute approximate surface area is 154 Å². The van der Waals surface area contributed by atoms with Gasteiger partial charge in [0, 0.05) is 12.1 Å². The molecule has 0 radical (unpaired) electrons. The molecule has 1 aromatic carbocycles. The molecular weight excluding hydrogens is 326 g/mol. The summed E-state index contributed by atoms with van der Waals surface area (Å²) in [7, 11) is 0. The van der Waals surface area contributed by atoms with Gasteiger partial charge in [-0.25, -0.2) is 0 Å². The molecule has 3 rings (SSSR count). The minimum absolute atomic E-state index is 0.116. The molecule has 2 heterocycles. The molecule has 0 aliphatic heterocycles. The van der Waals surface area contributed by atoms with Crippen LogP contribution in [0.25, 0.3) is 0 Å². The third-order valence-corrected chi connectivity index (χ3v) is 4.78. The lowest BCUT2D eigenvalue weighted by atomic mass is 9.91. The fraction of sp³-hybridized carbons (Fsp3) is 0.318. The molecule has 0 aliphatic carbocycles. The number of carbonyl (C=O) groups is 1. The van der Waals surface area contributed by atoms with Gasteiger partial charge in [-0.3, -0.25) is 9.69 Å². The summed E-state index contributed by atoms with van der Waals surface area (Å²) < 4.78 is 11.1. The topological polar surface area (TPSA) is 46.6 Å². The molecule has 0 unspecified atom stereocenters. The predicted octanol–water partition coefficient (Wildman–Crippen LogP) is 5.20. The minimum atomic E-state index is 0.116. The number of Topliss-reactive ketones (excluding diaryl/α,β-unsaturated/α-hetero) is 1. The maximum Gasteiger partial charge on any atom is 0.160 e. The van der Waals surface area contributed by atoms with Crippen molar-refractivity contribution in [1.82, 2.24) is 4.90 Å². The van der Waals surface area contributed by atoms with Gasteiger partial charge in [-0.05, 0) is 74.2 Å². The fourth-order valence-electron chi connectivity index (χ4n) is 3.65. The van der Waals surface area contributed by atoms with Crippen molar-refractivity contribution in [2.24, 2.45) is 0 Å². The number of carbonyl (C=O) groups excluding carboxylic acids is 1. The molecule has 2 aromatic heterocycles. The highest BCUT2D eigenvalue weighted by atomic mass is 16.3. The van der Waals surface area contributed by atoms with E-state index < -0.39 is 0 Å². The van der Waals surface area contributed by atoms with Gasteiger partial charge in [0.15, 0.2) is 5.78 Å². The van der Waals surface area contributed by atoms with Gasteiger partial charge in [-0.1, -0.05) is 6.07 Å². The zero-order valence-electron chi connectivity index (χ0n) is 15.8. The third kappa shape index (κ3) is 3.97. The van der Waals surface area contributed by atoms with Gasteiger partial charge < -0.3 is 8.83 Å². The SMILES string of the molecule is CC(=O)c1c(C)cc(C)c(CN(Cc2ccco2)Cc2ccco2)c1C. The van der Waals surface area contributed by atoms with Crippen LogP contribution in [0.15, 0.2) is 51.7 Å². The number of ketones is 1. The molecule has 0 atom stereocenters. The Bertz CT molecular complexity index is 841. The number of rotatable bonds is 7. The number of furan rings is 2. The highest BCUT2D eigenvalue weighted by Gasteiger charge is 2.18. The van der Waals surface area contributed by atoms with Gasteiger partial charge >= 0.3 is 0 Å². The van der Waals surface area contributed by atoms with Crippen molar-refractivity contribution in [2.45, 2.75) is 47.3 Å². The van der Waals surface area contributed by atoms with E-state index >= 15 is 0 Å². The van der Waals surface area contributed by atoms with E-state index in [1.54, 1.807) is 19.5 Å². The van der Waals surface area contributed by atoms with Gasteiger partial charge in [-0.2, -0.15) is 0 Å². The van der Waals surface area contributed by atoms with E-state index in [9.17, 15) is 4.79 Å². The van der Waals surface area contributed by atoms with Crippen LogP contribution in [-0.4, -0.2) is 10.7 Å². The first kappa shape index (κ1) is 18.2. The van der Waals surface area contributed by atoms with Crippen LogP contribution in [0, 0.1) is 20.8 Å². The van der Waals surface area contributed by atoms with E-state index in [1.807, 2.05) is 38.1 Å². The lowest BCUT2D eigenvalue weighted by Gasteiger charge is -2.24. The Morgan fingerprint density at radius 3 is 1.96 bits per heavy atom. The second-order valence-corrected chi connectivity index (χ2v) is 6.85. The van der Waals surface area contributed by atoms with Crippen LogP contribution in [0.2, 0.25) is 0 Å². The van der Waals surface area contributed by atoms with Crippen LogP contribution in [0.5, 0.6) is 0 Å². The first-order valence-electron chi connectivity index (χ1n) is 8.83. The van der Waals surface area contributed by atoms with E-state index in [0.29, 0.717) is 13.1 Å². The first-order chi connectivity index (χ1) is 12.5. The van der Waals surface area contributed by atoms with Crippen LogP contribution in [-0.2, 0) is 19.6 Å². The molecule has 4 heteroatoms. The smallest absolute Gasteiger partial charge is 0.160 e. The van der Waals surface area contributed by atoms with Crippen LogP contribution in [0.3, 0.4) is 0 Å². The Balaban J connectivity index is 1.93. The van der Waals surface area contributed by atoms with Crippen LogP contribution in [0.4, 0.5) is 0 Å². The van der Waals surface area contributed by atoms with E-state index in [4.69, 9.17) is 8.83 Å². The van der Waals surface area contributed by atoms with Crippen molar-refractivity contribution in [1.29, 1.82) is 0 Å². The molecule has 0 N–H and O–H groups in total. The van der Waals surface area contributed by atoms with Gasteiger partial charge in [0.25, 0.3) is 0 Å². The fourth-order valence-corrected chi connectivity index (χ4v) is 3.65. The summed E-state index contributed by atoms with van der Waals surface area (Å²) >= 11 is 0. The summed E-state index contributed by atoms with van der Waals surface area (Å²) in [5.41, 5.74) is 5.34. The molecule has 0 aliphatic rings. The largest absolute Gasteiger partial charge is 0.468 e. The Kier molecular flexibility index (Phi) is 5.43. The Morgan fingerprint density at radius 1 is 0.923 bits per heavy atom. The van der Waals surface area contributed by atoms with Gasteiger partial charge in [0.05, 0.1) is 25.6 Å². The molecule has 0 bridgehead atoms. The number of hydrogen-bond acceptors (Lipinski definition) is 4. The van der Waals surface area contributed by atoms with Crippen LogP contribution in [0.1, 0.15) is 51.1 Å². The summed E-state index contributed by atoms with van der Waals surface area (Å²) in [4.78, 5) is 14.4. The normalized spacial score (nSPS) is 11.3. The maximum absolute atomic E-state index is 12.1.